The van der Waals surface area contributed by atoms with Crippen LogP contribution in [-0.4, -0.2) is 6.61 Å². The van der Waals surface area contributed by atoms with Crippen LogP contribution >= 0.6 is 0 Å². The van der Waals surface area contributed by atoms with Crippen LogP contribution in [0.4, 0.5) is 0 Å². The van der Waals surface area contributed by atoms with Gasteiger partial charge in [0.1, 0.15) is 0 Å². The molecule has 0 heterocycles. The minimum absolute atomic E-state index is 0.733. The number of hydrogen-bond acceptors (Lipinski definition) is 1. The summed E-state index contributed by atoms with van der Waals surface area (Å²) in [5.41, 5.74) is 1.25. The minimum atomic E-state index is 0.733. The Balaban J connectivity index is 2.05. The van der Waals surface area contributed by atoms with Crippen LogP contribution in [0, 0.1) is 0 Å². The second-order valence-corrected chi connectivity index (χ2v) is 3.25. The lowest BCUT2D eigenvalue weighted by Crippen LogP contribution is -1.94. The molecule has 1 rings (SSSR count). The molecule has 14 heavy (non-hydrogen) atoms. The van der Waals surface area contributed by atoms with Crippen molar-refractivity contribution in [3.8, 4) is 0 Å². The van der Waals surface area contributed by atoms with Crippen LogP contribution in [0.3, 0.4) is 0 Å². The van der Waals surface area contributed by atoms with Crippen molar-refractivity contribution in [3.05, 3.63) is 48.0 Å². The van der Waals surface area contributed by atoms with Gasteiger partial charge in [-0.2, -0.15) is 0 Å². The lowest BCUT2D eigenvalue weighted by Gasteiger charge is -2.02. The van der Waals surface area contributed by atoms with Gasteiger partial charge in [-0.05, 0) is 25.3 Å². The van der Waals surface area contributed by atoms with Crippen LogP contribution < -0.4 is 0 Å². The first kappa shape index (κ1) is 11.0. The number of rotatable bonds is 6. The summed E-state index contributed by atoms with van der Waals surface area (Å²) in [4.78, 5) is 0. The Labute approximate surface area is 86.4 Å². The fourth-order valence-electron chi connectivity index (χ4n) is 1.23. The first-order chi connectivity index (χ1) is 6.93. The first-order valence-electron chi connectivity index (χ1n) is 5.16. The van der Waals surface area contributed by atoms with E-state index in [9.17, 15) is 0 Å². The Hall–Kier alpha value is -1.08. The average Bonchev–Trinajstić information content (AvgIpc) is 2.25. The van der Waals surface area contributed by atoms with E-state index in [1.54, 1.807) is 0 Å². The number of benzene rings is 1. The molecule has 0 N–H and O–H groups in total. The molecule has 1 aromatic rings. The zero-order chi connectivity index (χ0) is 10.1. The van der Waals surface area contributed by atoms with Crippen LogP contribution in [0.2, 0.25) is 0 Å². The quantitative estimate of drug-likeness (QED) is 0.492. The van der Waals surface area contributed by atoms with Gasteiger partial charge in [-0.15, -0.1) is 0 Å². The predicted octanol–water partition coefficient (Wildman–Crippen LogP) is 3.56. The molecule has 0 unspecified atom stereocenters. The molecule has 0 aliphatic heterocycles. The zero-order valence-corrected chi connectivity index (χ0v) is 8.78. The molecule has 0 saturated carbocycles. The Morgan fingerprint density at radius 2 is 2.00 bits per heavy atom. The van der Waals surface area contributed by atoms with Gasteiger partial charge in [-0.1, -0.05) is 42.5 Å². The van der Waals surface area contributed by atoms with E-state index in [1.165, 1.54) is 5.56 Å². The molecule has 0 spiro atoms. The predicted molar refractivity (Wildman–Crippen MR) is 60.1 cm³/mol. The van der Waals surface area contributed by atoms with Gasteiger partial charge < -0.3 is 4.74 Å². The summed E-state index contributed by atoms with van der Waals surface area (Å²) in [7, 11) is 0. The largest absolute Gasteiger partial charge is 0.377 e. The van der Waals surface area contributed by atoms with Crippen molar-refractivity contribution in [2.24, 2.45) is 0 Å². The molecule has 0 radical (unpaired) electrons. The average molecular weight is 190 g/mol. The molecule has 1 heteroatoms. The molecule has 0 aliphatic carbocycles. The van der Waals surface area contributed by atoms with E-state index < -0.39 is 0 Å². The summed E-state index contributed by atoms with van der Waals surface area (Å²) in [5, 5.41) is 0. The second kappa shape index (κ2) is 7.34. The van der Waals surface area contributed by atoms with Gasteiger partial charge in [-0.3, -0.25) is 0 Å². The van der Waals surface area contributed by atoms with Crippen molar-refractivity contribution in [3.63, 3.8) is 0 Å². The molecule has 1 aromatic carbocycles. The third kappa shape index (κ3) is 4.83. The number of ether oxygens (including phenoxy) is 1. The summed E-state index contributed by atoms with van der Waals surface area (Å²) in [6.07, 6.45) is 6.48. The van der Waals surface area contributed by atoms with Gasteiger partial charge in [0.2, 0.25) is 0 Å². The van der Waals surface area contributed by atoms with Crippen LogP contribution in [0.1, 0.15) is 25.3 Å². The summed E-state index contributed by atoms with van der Waals surface area (Å²) in [6.45, 7) is 3.63. The molecule has 0 atom stereocenters. The molecular weight excluding hydrogens is 172 g/mol. The maximum absolute atomic E-state index is 5.53. The van der Waals surface area contributed by atoms with E-state index in [0.717, 1.165) is 26.1 Å². The first-order valence-corrected chi connectivity index (χ1v) is 5.16. The zero-order valence-electron chi connectivity index (χ0n) is 8.78. The van der Waals surface area contributed by atoms with E-state index in [1.807, 2.05) is 25.1 Å². The van der Waals surface area contributed by atoms with Crippen molar-refractivity contribution in [2.45, 2.75) is 26.4 Å². The van der Waals surface area contributed by atoms with Crippen molar-refractivity contribution in [2.75, 3.05) is 6.61 Å². The van der Waals surface area contributed by atoms with Gasteiger partial charge in [0, 0.05) is 6.61 Å². The molecule has 0 saturated heterocycles. The van der Waals surface area contributed by atoms with E-state index in [4.69, 9.17) is 4.74 Å². The minimum Gasteiger partial charge on any atom is -0.377 e. The number of hydrogen-bond donors (Lipinski definition) is 0. The Bertz CT molecular complexity index is 251. The summed E-state index contributed by atoms with van der Waals surface area (Å²) < 4.78 is 5.53. The molecule has 0 amide bonds. The topological polar surface area (TPSA) is 9.23 Å². The molecule has 0 fully saturated rings. The van der Waals surface area contributed by atoms with E-state index >= 15 is 0 Å². The standard InChI is InChI=1S/C13H18O/c1-2-3-4-8-11-14-12-13-9-6-5-7-10-13/h2-3,5-7,9-10H,4,8,11-12H2,1H3/b3-2-. The van der Waals surface area contributed by atoms with Crippen LogP contribution in [0.5, 0.6) is 0 Å². The van der Waals surface area contributed by atoms with E-state index in [0.29, 0.717) is 0 Å². The molecule has 76 valence electrons. The highest BCUT2D eigenvalue weighted by Gasteiger charge is 1.90. The Kier molecular flexibility index (Phi) is 5.76. The van der Waals surface area contributed by atoms with Gasteiger partial charge in [0.15, 0.2) is 0 Å². The van der Waals surface area contributed by atoms with Gasteiger partial charge in [0.05, 0.1) is 6.61 Å². The van der Waals surface area contributed by atoms with Crippen LogP contribution in [-0.2, 0) is 11.3 Å². The SMILES string of the molecule is C/C=C\CCCOCc1ccccc1. The Morgan fingerprint density at radius 1 is 1.21 bits per heavy atom. The molecule has 0 aromatic heterocycles. The molecule has 0 aliphatic rings. The lowest BCUT2D eigenvalue weighted by atomic mass is 10.2. The van der Waals surface area contributed by atoms with Gasteiger partial charge >= 0.3 is 0 Å². The van der Waals surface area contributed by atoms with Crippen molar-refractivity contribution < 1.29 is 4.74 Å². The summed E-state index contributed by atoms with van der Waals surface area (Å²) >= 11 is 0. The maximum atomic E-state index is 5.53. The van der Waals surface area contributed by atoms with Crippen molar-refractivity contribution in [1.82, 2.24) is 0 Å². The van der Waals surface area contributed by atoms with Crippen molar-refractivity contribution in [1.29, 1.82) is 0 Å². The second-order valence-electron chi connectivity index (χ2n) is 3.25. The van der Waals surface area contributed by atoms with E-state index in [-0.39, 0.29) is 0 Å². The van der Waals surface area contributed by atoms with Gasteiger partial charge in [0.25, 0.3) is 0 Å². The maximum Gasteiger partial charge on any atom is 0.0716 e. The highest BCUT2D eigenvalue weighted by molar-refractivity contribution is 5.13. The molecule has 1 nitrogen and oxygen atoms in total. The monoisotopic (exact) mass is 190 g/mol. The summed E-state index contributed by atoms with van der Waals surface area (Å²) in [6, 6.07) is 10.3. The smallest absolute Gasteiger partial charge is 0.0716 e. The fourth-order valence-corrected chi connectivity index (χ4v) is 1.23. The highest BCUT2D eigenvalue weighted by atomic mass is 16.5. The van der Waals surface area contributed by atoms with Crippen LogP contribution in [0.25, 0.3) is 0 Å². The fraction of sp³-hybridized carbons (Fsp3) is 0.385. The molecule has 0 bridgehead atoms. The van der Waals surface area contributed by atoms with Crippen molar-refractivity contribution >= 4 is 0 Å². The third-order valence-corrected chi connectivity index (χ3v) is 2.01. The Morgan fingerprint density at radius 3 is 2.71 bits per heavy atom. The van der Waals surface area contributed by atoms with Crippen LogP contribution in [0.15, 0.2) is 42.5 Å². The number of allylic oxidation sites excluding steroid dienone is 2. The summed E-state index contributed by atoms with van der Waals surface area (Å²) in [5.74, 6) is 0. The highest BCUT2D eigenvalue weighted by Crippen LogP contribution is 2.01. The van der Waals surface area contributed by atoms with Gasteiger partial charge in [-0.25, -0.2) is 0 Å². The lowest BCUT2D eigenvalue weighted by molar-refractivity contribution is 0.119. The molecular formula is C13H18O. The number of unbranched alkanes of at least 4 members (excludes halogenated alkanes) is 1. The third-order valence-electron chi connectivity index (χ3n) is 2.01. The van der Waals surface area contributed by atoms with E-state index in [2.05, 4.69) is 24.3 Å². The normalized spacial score (nSPS) is 10.9.